The topological polar surface area (TPSA) is 205 Å². The molecular weight excluding hydrogens is 426 g/mol. The van der Waals surface area contributed by atoms with Gasteiger partial charge in [-0.1, -0.05) is 6.42 Å². The van der Waals surface area contributed by atoms with Gasteiger partial charge < -0.3 is 26.8 Å². The molecule has 0 fully saturated rings. The van der Waals surface area contributed by atoms with E-state index in [4.69, 9.17) is 10.8 Å². The number of carbonyl (C=O) groups is 7. The van der Waals surface area contributed by atoms with Crippen LogP contribution in [0.3, 0.4) is 0 Å². The maximum absolute atomic E-state index is 12.3. The van der Waals surface area contributed by atoms with E-state index in [1.54, 1.807) is 0 Å². The standard InChI is InChI=1S/C19H27N5O8/c20-13(25)10-21-15(27)11-22-19(32)12(5-8-18(30)31)23-14(26)4-2-1-3-9-24-16(28)6-7-17(24)29/h6-7,12H,1-5,8-11H2,(H2,20,25)(H,21,27)(H,22,32)(H,23,26)(H,30,31). The second kappa shape index (κ2) is 13.5. The zero-order chi connectivity index (χ0) is 24.1. The van der Waals surface area contributed by atoms with Gasteiger partial charge in [0.1, 0.15) is 6.04 Å². The molecule has 0 aromatic carbocycles. The first-order valence-electron chi connectivity index (χ1n) is 9.97. The Hall–Kier alpha value is -3.77. The maximum Gasteiger partial charge on any atom is 0.303 e. The fraction of sp³-hybridized carbons (Fsp3) is 0.526. The molecule has 1 aliphatic heterocycles. The minimum Gasteiger partial charge on any atom is -0.481 e. The van der Waals surface area contributed by atoms with Gasteiger partial charge in [0.25, 0.3) is 11.8 Å². The van der Waals surface area contributed by atoms with Crippen molar-refractivity contribution in [2.24, 2.45) is 5.73 Å². The van der Waals surface area contributed by atoms with Crippen LogP contribution in [0.1, 0.15) is 38.5 Å². The summed E-state index contributed by atoms with van der Waals surface area (Å²) >= 11 is 0. The Bertz CT molecular complexity index is 777. The maximum atomic E-state index is 12.3. The van der Waals surface area contributed by atoms with Crippen LogP contribution in [-0.2, 0) is 33.6 Å². The zero-order valence-corrected chi connectivity index (χ0v) is 17.4. The molecule has 0 saturated carbocycles. The van der Waals surface area contributed by atoms with Crippen molar-refractivity contribution in [2.45, 2.75) is 44.6 Å². The van der Waals surface area contributed by atoms with Gasteiger partial charge in [-0.3, -0.25) is 38.5 Å². The number of hydrogen-bond acceptors (Lipinski definition) is 7. The number of nitrogens with zero attached hydrogens (tertiary/aromatic N) is 1. The van der Waals surface area contributed by atoms with Crippen molar-refractivity contribution in [2.75, 3.05) is 19.6 Å². The molecule has 6 N–H and O–H groups in total. The first-order valence-corrected chi connectivity index (χ1v) is 9.97. The molecule has 0 aliphatic carbocycles. The fourth-order valence-corrected chi connectivity index (χ4v) is 2.73. The van der Waals surface area contributed by atoms with E-state index in [1.807, 2.05) is 0 Å². The van der Waals surface area contributed by atoms with E-state index in [-0.39, 0.29) is 37.6 Å². The third-order valence-electron chi connectivity index (χ3n) is 4.37. The van der Waals surface area contributed by atoms with E-state index < -0.39 is 48.7 Å². The molecule has 0 spiro atoms. The summed E-state index contributed by atoms with van der Waals surface area (Å²) in [6, 6.07) is -1.16. The molecule has 1 unspecified atom stereocenters. The Morgan fingerprint density at radius 1 is 0.906 bits per heavy atom. The molecule has 1 heterocycles. The van der Waals surface area contributed by atoms with Crippen molar-refractivity contribution in [3.05, 3.63) is 12.2 Å². The van der Waals surface area contributed by atoms with E-state index >= 15 is 0 Å². The number of carboxylic acid groups (broad SMARTS) is 1. The molecule has 13 nitrogen and oxygen atoms in total. The zero-order valence-electron chi connectivity index (χ0n) is 17.4. The highest BCUT2D eigenvalue weighted by Gasteiger charge is 2.23. The highest BCUT2D eigenvalue weighted by molar-refractivity contribution is 6.12. The lowest BCUT2D eigenvalue weighted by molar-refractivity contribution is -0.138. The molecular formula is C19H27N5O8. The number of aliphatic carboxylic acids is 1. The van der Waals surface area contributed by atoms with Gasteiger partial charge in [-0.2, -0.15) is 0 Å². The van der Waals surface area contributed by atoms with Crippen molar-refractivity contribution in [1.29, 1.82) is 0 Å². The minimum atomic E-state index is -1.16. The summed E-state index contributed by atoms with van der Waals surface area (Å²) in [6.07, 6.45) is 3.37. The van der Waals surface area contributed by atoms with Crippen LogP contribution < -0.4 is 21.7 Å². The van der Waals surface area contributed by atoms with Gasteiger partial charge in [-0.15, -0.1) is 0 Å². The molecule has 1 atom stereocenters. The first-order chi connectivity index (χ1) is 15.1. The number of carbonyl (C=O) groups excluding carboxylic acids is 6. The van der Waals surface area contributed by atoms with E-state index in [9.17, 15) is 33.6 Å². The number of unbranched alkanes of at least 4 members (excludes halogenated alkanes) is 2. The summed E-state index contributed by atoms with van der Waals surface area (Å²) < 4.78 is 0. The number of amides is 6. The largest absolute Gasteiger partial charge is 0.481 e. The number of nitrogens with one attached hydrogen (secondary N) is 3. The van der Waals surface area contributed by atoms with E-state index in [0.717, 1.165) is 4.90 Å². The van der Waals surface area contributed by atoms with Crippen LogP contribution in [0.5, 0.6) is 0 Å². The Morgan fingerprint density at radius 3 is 2.16 bits per heavy atom. The molecule has 0 radical (unpaired) electrons. The first kappa shape index (κ1) is 26.3. The molecule has 176 valence electrons. The lowest BCUT2D eigenvalue weighted by Gasteiger charge is -2.18. The highest BCUT2D eigenvalue weighted by atomic mass is 16.4. The lowest BCUT2D eigenvalue weighted by Crippen LogP contribution is -2.49. The number of rotatable bonds is 15. The van der Waals surface area contributed by atoms with E-state index in [1.165, 1.54) is 12.2 Å². The summed E-state index contributed by atoms with van der Waals surface area (Å²) in [7, 11) is 0. The highest BCUT2D eigenvalue weighted by Crippen LogP contribution is 2.08. The van der Waals surface area contributed by atoms with Crippen LogP contribution in [0, 0.1) is 0 Å². The van der Waals surface area contributed by atoms with E-state index in [0.29, 0.717) is 19.3 Å². The normalized spacial score (nSPS) is 13.6. The second-order valence-corrected chi connectivity index (χ2v) is 6.99. The van der Waals surface area contributed by atoms with Crippen LogP contribution >= 0.6 is 0 Å². The number of nitrogens with two attached hydrogens (primary N) is 1. The molecule has 1 aliphatic rings. The van der Waals surface area contributed by atoms with Crippen molar-refractivity contribution < 1.29 is 38.7 Å². The molecule has 0 aromatic heterocycles. The van der Waals surface area contributed by atoms with Crippen molar-refractivity contribution in [1.82, 2.24) is 20.9 Å². The van der Waals surface area contributed by atoms with Crippen molar-refractivity contribution in [3.8, 4) is 0 Å². The quantitative estimate of drug-likeness (QED) is 0.132. The van der Waals surface area contributed by atoms with Gasteiger partial charge in [-0.05, 0) is 19.3 Å². The van der Waals surface area contributed by atoms with Crippen molar-refractivity contribution in [3.63, 3.8) is 0 Å². The second-order valence-electron chi connectivity index (χ2n) is 6.99. The van der Waals surface area contributed by atoms with Gasteiger partial charge in [-0.25, -0.2) is 0 Å². The Kier molecular flexibility index (Phi) is 11.1. The monoisotopic (exact) mass is 453 g/mol. The van der Waals surface area contributed by atoms with Gasteiger partial charge in [0.2, 0.25) is 23.6 Å². The van der Waals surface area contributed by atoms with Gasteiger partial charge in [0, 0.05) is 31.5 Å². The molecule has 0 bridgehead atoms. The smallest absolute Gasteiger partial charge is 0.303 e. The van der Waals surface area contributed by atoms with Gasteiger partial charge in [0.15, 0.2) is 0 Å². The number of primary amides is 1. The average Bonchev–Trinajstić information content (AvgIpc) is 3.04. The van der Waals surface area contributed by atoms with Crippen LogP contribution in [0.25, 0.3) is 0 Å². The Labute approximate surface area is 183 Å². The molecule has 13 heteroatoms. The summed E-state index contributed by atoms with van der Waals surface area (Å²) in [4.78, 5) is 81.4. The molecule has 0 saturated heterocycles. The third-order valence-corrected chi connectivity index (χ3v) is 4.37. The predicted molar refractivity (Wildman–Crippen MR) is 108 cm³/mol. The number of carboxylic acids is 1. The van der Waals surface area contributed by atoms with Gasteiger partial charge >= 0.3 is 5.97 Å². The van der Waals surface area contributed by atoms with Crippen LogP contribution in [-0.4, -0.2) is 77.1 Å². The van der Waals surface area contributed by atoms with Crippen LogP contribution in [0.15, 0.2) is 12.2 Å². The van der Waals surface area contributed by atoms with Crippen LogP contribution in [0.2, 0.25) is 0 Å². The Balaban J connectivity index is 2.39. The van der Waals surface area contributed by atoms with Crippen LogP contribution in [0.4, 0.5) is 0 Å². The SMILES string of the molecule is NC(=O)CNC(=O)CNC(=O)C(CCC(=O)O)NC(=O)CCCCCN1C(=O)C=CC1=O. The number of imide groups is 1. The Morgan fingerprint density at radius 2 is 1.56 bits per heavy atom. The van der Waals surface area contributed by atoms with Gasteiger partial charge in [0.05, 0.1) is 13.1 Å². The van der Waals surface area contributed by atoms with Crippen molar-refractivity contribution >= 4 is 41.4 Å². The number of hydrogen-bond donors (Lipinski definition) is 5. The molecule has 32 heavy (non-hydrogen) atoms. The van der Waals surface area contributed by atoms with E-state index in [2.05, 4.69) is 16.0 Å². The molecule has 0 aromatic rings. The fourth-order valence-electron chi connectivity index (χ4n) is 2.73. The summed E-state index contributed by atoms with van der Waals surface area (Å²) in [5.74, 6) is -4.56. The summed E-state index contributed by atoms with van der Waals surface area (Å²) in [5, 5.41) is 15.7. The lowest BCUT2D eigenvalue weighted by atomic mass is 10.1. The summed E-state index contributed by atoms with van der Waals surface area (Å²) in [6.45, 7) is -0.632. The molecule has 1 rings (SSSR count). The molecule has 6 amide bonds. The third kappa shape index (κ3) is 10.3. The average molecular weight is 453 g/mol. The predicted octanol–water partition coefficient (Wildman–Crippen LogP) is -2.46. The minimum absolute atomic E-state index is 0.0517. The summed E-state index contributed by atoms with van der Waals surface area (Å²) in [5.41, 5.74) is 4.89.